The Bertz CT molecular complexity index is 1720. The van der Waals surface area contributed by atoms with Crippen molar-refractivity contribution in [3.05, 3.63) is 90.5 Å². The SMILES string of the molecule is C=CCO[C@@]12Oc3ccc(O)cc3[C@H]3[C@H](CCCCO)[C@@H](CCCCO)C=C(C(=NOC4CCCCO4)C[C@@H]1Sc1ccc4ccccc4c1)[C@H]32. The van der Waals surface area contributed by atoms with Crippen molar-refractivity contribution in [2.24, 2.45) is 22.9 Å². The molecule has 3 N–H and O–H groups in total. The van der Waals surface area contributed by atoms with Gasteiger partial charge in [0.1, 0.15) is 11.5 Å². The summed E-state index contributed by atoms with van der Waals surface area (Å²) in [5.41, 5.74) is 2.91. The maximum atomic E-state index is 10.9. The first-order valence-corrected chi connectivity index (χ1v) is 19.6. The number of aliphatic hydroxyl groups excluding tert-OH is 2. The quantitative estimate of drug-likeness (QED) is 0.0818. The minimum absolute atomic E-state index is 0.0698. The number of phenols is 1. The number of unbranched alkanes of at least 4 members (excludes halogenated alkanes) is 2. The van der Waals surface area contributed by atoms with Crippen LogP contribution >= 0.6 is 11.8 Å². The van der Waals surface area contributed by atoms with Gasteiger partial charge >= 0.3 is 0 Å². The first-order chi connectivity index (χ1) is 25.0. The molecule has 1 unspecified atom stereocenters. The molecule has 0 spiro atoms. The van der Waals surface area contributed by atoms with Crippen LogP contribution in [0, 0.1) is 17.8 Å². The molecule has 8 nitrogen and oxygen atoms in total. The summed E-state index contributed by atoms with van der Waals surface area (Å²) >= 11 is 1.75. The van der Waals surface area contributed by atoms with Crippen LogP contribution in [0.1, 0.15) is 75.7 Å². The zero-order chi connectivity index (χ0) is 35.2. The predicted octanol–water partition coefficient (Wildman–Crippen LogP) is 8.50. The first-order valence-electron chi connectivity index (χ1n) is 18.7. The number of oxime groups is 1. The topological polar surface area (TPSA) is 110 Å². The number of phenolic OH excluding ortho intramolecular Hbond substituents is 1. The Morgan fingerprint density at radius 3 is 2.57 bits per heavy atom. The van der Waals surface area contributed by atoms with Crippen LogP contribution in [0.5, 0.6) is 11.5 Å². The fourth-order valence-corrected chi connectivity index (χ4v) is 10.1. The van der Waals surface area contributed by atoms with Gasteiger partial charge in [0.05, 0.1) is 30.1 Å². The summed E-state index contributed by atoms with van der Waals surface area (Å²) in [4.78, 5) is 7.32. The number of aliphatic hydroxyl groups is 2. The van der Waals surface area contributed by atoms with Gasteiger partial charge < -0.3 is 34.4 Å². The van der Waals surface area contributed by atoms with Gasteiger partial charge in [-0.25, -0.2) is 0 Å². The highest BCUT2D eigenvalue weighted by atomic mass is 32.2. The molecule has 3 aromatic carbocycles. The zero-order valence-corrected chi connectivity index (χ0v) is 30.1. The van der Waals surface area contributed by atoms with Crippen molar-refractivity contribution in [3.63, 3.8) is 0 Å². The highest BCUT2D eigenvalue weighted by Crippen LogP contribution is 2.63. The molecular formula is C42H51NO7S. The number of rotatable bonds is 15. The summed E-state index contributed by atoms with van der Waals surface area (Å²) in [5.74, 6) is -0.149. The van der Waals surface area contributed by atoms with Crippen LogP contribution in [0.15, 0.2) is 95.0 Å². The molecule has 0 bridgehead atoms. The molecule has 3 aromatic rings. The third-order valence-electron chi connectivity index (χ3n) is 11.1. The Balaban J connectivity index is 1.40. The van der Waals surface area contributed by atoms with Crippen LogP contribution in [-0.4, -0.2) is 64.8 Å². The van der Waals surface area contributed by atoms with Crippen LogP contribution in [0.25, 0.3) is 10.8 Å². The van der Waals surface area contributed by atoms with E-state index in [1.54, 1.807) is 23.9 Å². The lowest BCUT2D eigenvalue weighted by Gasteiger charge is -2.58. The molecule has 9 heteroatoms. The minimum atomic E-state index is -1.09. The number of ether oxygens (including phenoxy) is 3. The van der Waals surface area contributed by atoms with E-state index in [0.717, 1.165) is 85.3 Å². The molecule has 4 aliphatic rings. The number of hydrogen-bond donors (Lipinski definition) is 3. The fourth-order valence-electron chi connectivity index (χ4n) is 8.76. The van der Waals surface area contributed by atoms with Crippen molar-refractivity contribution in [3.8, 4) is 11.5 Å². The molecule has 51 heavy (non-hydrogen) atoms. The standard InChI is InChI=1S/C42H51NO7S/c1-2-22-48-42-38(51-32-18-16-28-11-3-4-12-29(28)24-32)27-36(43-50-39-15-7-10-23-47-39)34-25-30(13-5-8-20-44)33(14-6-9-21-45)40(41(34)42)35-26-31(46)17-19-37(35)49-42/h2-4,11-12,16-19,24-26,30,33,38-41,44-46H,1,5-10,13-15,20-23,27H2/t30-,33+,38-,39?,40+,41+,42+/m0/s1. The third-order valence-corrected chi connectivity index (χ3v) is 12.4. The van der Waals surface area contributed by atoms with Crippen molar-refractivity contribution in [2.75, 3.05) is 26.4 Å². The fraction of sp³-hybridized carbons (Fsp3) is 0.500. The van der Waals surface area contributed by atoms with Crippen LogP contribution < -0.4 is 4.74 Å². The van der Waals surface area contributed by atoms with Crippen LogP contribution in [-0.2, 0) is 14.3 Å². The molecule has 2 aliphatic carbocycles. The highest BCUT2D eigenvalue weighted by molar-refractivity contribution is 8.00. The molecule has 2 aliphatic heterocycles. The van der Waals surface area contributed by atoms with Crippen LogP contribution in [0.2, 0.25) is 0 Å². The maximum absolute atomic E-state index is 10.9. The Hall–Kier alpha value is -3.34. The van der Waals surface area contributed by atoms with E-state index in [1.165, 1.54) is 10.8 Å². The Morgan fingerprint density at radius 1 is 0.961 bits per heavy atom. The van der Waals surface area contributed by atoms with E-state index in [1.807, 2.05) is 12.1 Å². The molecule has 272 valence electrons. The average molecular weight is 714 g/mol. The Morgan fingerprint density at radius 2 is 1.78 bits per heavy atom. The predicted molar refractivity (Wildman–Crippen MR) is 201 cm³/mol. The Labute approximate surface area is 305 Å². The lowest BCUT2D eigenvalue weighted by atomic mass is 9.56. The number of benzene rings is 3. The van der Waals surface area contributed by atoms with E-state index in [4.69, 9.17) is 24.2 Å². The van der Waals surface area contributed by atoms with Crippen molar-refractivity contribution < 1.29 is 34.4 Å². The third kappa shape index (κ3) is 7.60. The van der Waals surface area contributed by atoms with Gasteiger partial charge in [-0.05, 0) is 97.0 Å². The van der Waals surface area contributed by atoms with E-state index in [0.29, 0.717) is 19.6 Å². The number of allylic oxidation sites excluding steroid dienone is 1. The summed E-state index contributed by atoms with van der Waals surface area (Å²) in [6.07, 6.45) is 12.2. The molecule has 7 rings (SSSR count). The first kappa shape index (κ1) is 36.0. The van der Waals surface area contributed by atoms with Gasteiger partial charge in [0.2, 0.25) is 12.1 Å². The number of aromatic hydroxyl groups is 1. The molecule has 0 aromatic heterocycles. The largest absolute Gasteiger partial charge is 0.508 e. The van der Waals surface area contributed by atoms with Gasteiger partial charge in [-0.15, -0.1) is 18.3 Å². The minimum Gasteiger partial charge on any atom is -0.508 e. The second-order valence-corrected chi connectivity index (χ2v) is 15.6. The van der Waals surface area contributed by atoms with Crippen molar-refractivity contribution >= 4 is 28.2 Å². The summed E-state index contributed by atoms with van der Waals surface area (Å²) in [7, 11) is 0. The summed E-state index contributed by atoms with van der Waals surface area (Å²) < 4.78 is 20.2. The van der Waals surface area contributed by atoms with E-state index in [-0.39, 0.29) is 54.2 Å². The molecule has 1 saturated heterocycles. The van der Waals surface area contributed by atoms with Gasteiger partial charge in [-0.3, -0.25) is 0 Å². The highest BCUT2D eigenvalue weighted by Gasteiger charge is 2.64. The monoisotopic (exact) mass is 713 g/mol. The molecule has 0 radical (unpaired) electrons. The lowest BCUT2D eigenvalue weighted by molar-refractivity contribution is -0.223. The molecule has 0 amide bonds. The second-order valence-electron chi connectivity index (χ2n) is 14.3. The van der Waals surface area contributed by atoms with E-state index in [2.05, 4.69) is 55.1 Å². The summed E-state index contributed by atoms with van der Waals surface area (Å²) in [6.45, 7) is 5.29. The molecular weight excluding hydrogens is 663 g/mol. The van der Waals surface area contributed by atoms with Crippen molar-refractivity contribution in [1.82, 2.24) is 0 Å². The van der Waals surface area contributed by atoms with Gasteiger partial charge in [0.25, 0.3) is 0 Å². The summed E-state index contributed by atoms with van der Waals surface area (Å²) in [5, 5.41) is 37.5. The average Bonchev–Trinajstić information content (AvgIpc) is 3.15. The number of nitrogens with zero attached hydrogens (tertiary/aromatic N) is 1. The van der Waals surface area contributed by atoms with Gasteiger partial charge in [-0.1, -0.05) is 60.5 Å². The lowest BCUT2D eigenvalue weighted by Crippen LogP contribution is -2.64. The van der Waals surface area contributed by atoms with Gasteiger partial charge in [-0.2, -0.15) is 0 Å². The maximum Gasteiger partial charge on any atom is 0.231 e. The number of fused-ring (bicyclic) bond motifs is 3. The second kappa shape index (κ2) is 16.6. The van der Waals surface area contributed by atoms with Gasteiger partial charge in [0, 0.05) is 42.4 Å². The summed E-state index contributed by atoms with van der Waals surface area (Å²) in [6, 6.07) is 20.4. The normalized spacial score (nSPS) is 29.1. The van der Waals surface area contributed by atoms with E-state index in [9.17, 15) is 15.3 Å². The smallest absolute Gasteiger partial charge is 0.231 e. The molecule has 2 fully saturated rings. The van der Waals surface area contributed by atoms with Crippen molar-refractivity contribution in [1.29, 1.82) is 0 Å². The molecule has 7 atom stereocenters. The van der Waals surface area contributed by atoms with Crippen LogP contribution in [0.3, 0.4) is 0 Å². The number of thioether (sulfide) groups is 1. The number of hydrogen-bond acceptors (Lipinski definition) is 9. The zero-order valence-electron chi connectivity index (χ0n) is 29.3. The van der Waals surface area contributed by atoms with Gasteiger partial charge in [0.15, 0.2) is 0 Å². The van der Waals surface area contributed by atoms with E-state index >= 15 is 0 Å². The Kier molecular flexibility index (Phi) is 11.7. The molecule has 2 heterocycles. The molecule has 1 saturated carbocycles. The van der Waals surface area contributed by atoms with Crippen molar-refractivity contribution in [2.45, 2.75) is 92.3 Å². The van der Waals surface area contributed by atoms with Crippen LogP contribution in [0.4, 0.5) is 0 Å². The van der Waals surface area contributed by atoms with E-state index < -0.39 is 5.79 Å².